The molecule has 0 radical (unpaired) electrons. The Morgan fingerprint density at radius 3 is 2.78 bits per heavy atom. The zero-order valence-electron chi connectivity index (χ0n) is 21.3. The lowest BCUT2D eigenvalue weighted by Gasteiger charge is -2.40. The van der Waals surface area contributed by atoms with Crippen molar-refractivity contribution < 1.29 is 14.3 Å². The fraction of sp³-hybridized carbons (Fsp3) is 0.429. The predicted octanol–water partition coefficient (Wildman–Crippen LogP) is 6.75. The van der Waals surface area contributed by atoms with Gasteiger partial charge in [-0.25, -0.2) is 4.98 Å². The third-order valence-electron chi connectivity index (χ3n) is 7.62. The topological polar surface area (TPSA) is 96.2 Å². The fourth-order valence-electron chi connectivity index (χ4n) is 6.61. The smallest absolute Gasteiger partial charge is 0.275 e. The highest BCUT2D eigenvalue weighted by atomic mass is 32.2. The van der Waals surface area contributed by atoms with Crippen LogP contribution in [0.1, 0.15) is 40.0 Å². The average molecular weight is 518 g/mol. The number of rotatable bonds is 6. The van der Waals surface area contributed by atoms with Gasteiger partial charge in [-0.15, -0.1) is 10.2 Å². The maximum absolute atomic E-state index is 12.5. The molecule has 0 spiro atoms. The Morgan fingerprint density at radius 2 is 1.95 bits per heavy atom. The standard InChI is InChI=1S/C28H31N5O3S/c1-27(2)12-18-13-28(3,15-27)16-32(18)17-33-21-10-6-4-8-19(21)24(25(33)35)31-30-23(34)14-37-26-29-20-9-5-7-11-22(20)36-26/h4-11,18,35H,12-17H2,1-3H3/t18-,28+/m1/s1. The molecule has 2 aromatic heterocycles. The molecule has 1 amide bonds. The molecule has 8 nitrogen and oxygen atoms in total. The van der Waals surface area contributed by atoms with E-state index in [0.29, 0.717) is 40.0 Å². The molecular formula is C28H31N5O3S. The van der Waals surface area contributed by atoms with Crippen LogP contribution in [-0.2, 0) is 11.5 Å². The number of para-hydroxylation sites is 3. The second-order valence-corrected chi connectivity index (χ2v) is 12.5. The van der Waals surface area contributed by atoms with Crippen LogP contribution < -0.4 is 0 Å². The molecule has 2 aromatic carbocycles. The lowest BCUT2D eigenvalue weighted by Crippen LogP contribution is -2.35. The summed E-state index contributed by atoms with van der Waals surface area (Å²) < 4.78 is 7.55. The molecule has 9 heteroatoms. The van der Waals surface area contributed by atoms with Crippen LogP contribution in [0.5, 0.6) is 5.88 Å². The highest BCUT2D eigenvalue weighted by molar-refractivity contribution is 7.99. The molecule has 1 aliphatic heterocycles. The number of carbonyl (C=O) groups excluding carboxylic acids is 1. The lowest BCUT2D eigenvalue weighted by atomic mass is 9.65. The van der Waals surface area contributed by atoms with Gasteiger partial charge in [0.05, 0.1) is 17.9 Å². The minimum Gasteiger partial charge on any atom is -0.493 e. The van der Waals surface area contributed by atoms with Crippen LogP contribution in [0.25, 0.3) is 22.0 Å². The summed E-state index contributed by atoms with van der Waals surface area (Å²) in [5.41, 5.74) is 3.25. The van der Waals surface area contributed by atoms with E-state index in [1.54, 1.807) is 0 Å². The van der Waals surface area contributed by atoms with Crippen molar-refractivity contribution in [3.8, 4) is 5.88 Å². The van der Waals surface area contributed by atoms with Gasteiger partial charge in [0.1, 0.15) is 5.52 Å². The number of thioether (sulfide) groups is 1. The number of benzene rings is 2. The van der Waals surface area contributed by atoms with Crippen LogP contribution in [0.4, 0.5) is 5.69 Å². The number of aromatic nitrogens is 2. The van der Waals surface area contributed by atoms with Crippen molar-refractivity contribution in [1.82, 2.24) is 14.5 Å². The molecule has 4 aromatic rings. The minimum atomic E-state index is -0.424. The average Bonchev–Trinajstić information content (AvgIpc) is 3.46. The SMILES string of the molecule is CC1(C)C[C@@H]2C[C@](C)(CN2Cn2c(O)c(N=NC(=O)CSc3nc4ccccc4o3)c3ccccc32)C1. The third-order valence-corrected chi connectivity index (χ3v) is 8.43. The minimum absolute atomic E-state index is 0.0372. The van der Waals surface area contributed by atoms with E-state index in [-0.39, 0.29) is 11.6 Å². The number of nitrogens with zero attached hydrogens (tertiary/aromatic N) is 5. The quantitative estimate of drug-likeness (QED) is 0.224. The van der Waals surface area contributed by atoms with Gasteiger partial charge in [-0.3, -0.25) is 14.3 Å². The number of azo groups is 1. The van der Waals surface area contributed by atoms with Gasteiger partial charge in [0.15, 0.2) is 11.3 Å². The number of carbonyl (C=O) groups is 1. The molecule has 2 bridgehead atoms. The van der Waals surface area contributed by atoms with E-state index in [1.165, 1.54) is 24.6 Å². The van der Waals surface area contributed by atoms with E-state index in [0.717, 1.165) is 29.4 Å². The molecule has 2 aliphatic rings. The van der Waals surface area contributed by atoms with Gasteiger partial charge >= 0.3 is 0 Å². The van der Waals surface area contributed by atoms with Gasteiger partial charge in [0, 0.05) is 18.0 Å². The van der Waals surface area contributed by atoms with Crippen LogP contribution in [0, 0.1) is 10.8 Å². The first-order valence-electron chi connectivity index (χ1n) is 12.7. The summed E-state index contributed by atoms with van der Waals surface area (Å²) in [6.45, 7) is 8.71. The van der Waals surface area contributed by atoms with E-state index in [9.17, 15) is 9.90 Å². The van der Waals surface area contributed by atoms with E-state index in [4.69, 9.17) is 4.42 Å². The monoisotopic (exact) mass is 517 g/mol. The summed E-state index contributed by atoms with van der Waals surface area (Å²) in [5, 5.41) is 20.5. The Bertz CT molecular complexity index is 1490. The van der Waals surface area contributed by atoms with Gasteiger partial charge in [0.25, 0.3) is 11.1 Å². The summed E-state index contributed by atoms with van der Waals surface area (Å²) in [5.74, 6) is -0.346. The second kappa shape index (κ2) is 8.99. The Balaban J connectivity index is 1.21. The van der Waals surface area contributed by atoms with Crippen molar-refractivity contribution in [3.05, 3.63) is 48.5 Å². The van der Waals surface area contributed by atoms with E-state index in [2.05, 4.69) is 40.9 Å². The predicted molar refractivity (Wildman–Crippen MR) is 144 cm³/mol. The molecule has 2 fully saturated rings. The Morgan fingerprint density at radius 1 is 1.16 bits per heavy atom. The van der Waals surface area contributed by atoms with Gasteiger partial charge in [-0.2, -0.15) is 0 Å². The van der Waals surface area contributed by atoms with Crippen LogP contribution in [0.3, 0.4) is 0 Å². The van der Waals surface area contributed by atoms with Crippen molar-refractivity contribution >= 4 is 45.4 Å². The molecule has 3 heterocycles. The molecule has 0 unspecified atom stereocenters. The number of hydrogen-bond donors (Lipinski definition) is 1. The largest absolute Gasteiger partial charge is 0.493 e. The zero-order chi connectivity index (χ0) is 25.8. The number of hydrogen-bond acceptors (Lipinski definition) is 7. The molecule has 1 aliphatic carbocycles. The number of amides is 1. The van der Waals surface area contributed by atoms with E-state index >= 15 is 0 Å². The first kappa shape index (κ1) is 24.2. The summed E-state index contributed by atoms with van der Waals surface area (Å²) in [4.78, 5) is 19.4. The number of oxazole rings is 1. The molecule has 1 N–H and O–H groups in total. The Hall–Kier alpha value is -3.17. The van der Waals surface area contributed by atoms with Crippen molar-refractivity contribution in [3.63, 3.8) is 0 Å². The van der Waals surface area contributed by atoms with Gasteiger partial charge in [-0.05, 0) is 48.3 Å². The number of likely N-dealkylation sites (tertiary alicyclic amines) is 1. The molecule has 1 saturated heterocycles. The second-order valence-electron chi connectivity index (χ2n) is 11.5. The van der Waals surface area contributed by atoms with Crippen molar-refractivity contribution in [2.75, 3.05) is 12.3 Å². The van der Waals surface area contributed by atoms with Crippen LogP contribution in [0.2, 0.25) is 0 Å². The van der Waals surface area contributed by atoms with E-state index in [1.807, 2.05) is 53.1 Å². The summed E-state index contributed by atoms with van der Waals surface area (Å²) >= 11 is 1.18. The molecular weight excluding hydrogens is 486 g/mol. The number of aromatic hydroxyl groups is 1. The highest BCUT2D eigenvalue weighted by Gasteiger charge is 2.49. The van der Waals surface area contributed by atoms with Crippen LogP contribution in [-0.4, -0.2) is 43.8 Å². The lowest BCUT2D eigenvalue weighted by molar-refractivity contribution is -0.115. The zero-order valence-corrected chi connectivity index (χ0v) is 22.2. The molecule has 2 atom stereocenters. The number of fused-ring (bicyclic) bond motifs is 4. The van der Waals surface area contributed by atoms with E-state index < -0.39 is 5.91 Å². The Labute approximate surface area is 219 Å². The molecule has 1 saturated carbocycles. The summed E-state index contributed by atoms with van der Waals surface area (Å²) in [6.07, 6.45) is 3.56. The van der Waals surface area contributed by atoms with Gasteiger partial charge in [0.2, 0.25) is 5.88 Å². The fourth-order valence-corrected chi connectivity index (χ4v) is 7.22. The summed E-state index contributed by atoms with van der Waals surface area (Å²) in [7, 11) is 0. The van der Waals surface area contributed by atoms with Crippen LogP contribution in [0.15, 0.2) is 68.4 Å². The maximum Gasteiger partial charge on any atom is 0.275 e. The van der Waals surface area contributed by atoms with Crippen molar-refractivity contribution in [1.29, 1.82) is 0 Å². The van der Waals surface area contributed by atoms with Gasteiger partial charge < -0.3 is 9.52 Å². The van der Waals surface area contributed by atoms with Crippen molar-refractivity contribution in [2.24, 2.45) is 21.1 Å². The third kappa shape index (κ3) is 4.66. The van der Waals surface area contributed by atoms with Crippen molar-refractivity contribution in [2.45, 2.75) is 58.0 Å². The first-order valence-corrected chi connectivity index (χ1v) is 13.7. The normalized spacial score (nSPS) is 23.5. The highest BCUT2D eigenvalue weighted by Crippen LogP contribution is 2.53. The van der Waals surface area contributed by atoms with Gasteiger partial charge in [-0.1, -0.05) is 62.9 Å². The molecule has 37 heavy (non-hydrogen) atoms. The summed E-state index contributed by atoms with van der Waals surface area (Å²) in [6, 6.07) is 15.7. The van der Waals surface area contributed by atoms with Crippen LogP contribution >= 0.6 is 11.8 Å². The molecule has 192 valence electrons. The first-order chi connectivity index (χ1) is 17.7. The Kier molecular flexibility index (Phi) is 5.88. The molecule has 6 rings (SSSR count). The maximum atomic E-state index is 12.5.